The molecular formula is C15H17N3O4S2. The number of thioether (sulfide) groups is 1. The van der Waals surface area contributed by atoms with Gasteiger partial charge in [0.25, 0.3) is 5.22 Å². The molecule has 0 radical (unpaired) electrons. The number of amides is 1. The summed E-state index contributed by atoms with van der Waals surface area (Å²) in [6.07, 6.45) is 1.01. The Morgan fingerprint density at radius 3 is 2.79 bits per heavy atom. The fourth-order valence-corrected chi connectivity index (χ4v) is 4.71. The topological polar surface area (TPSA) is 102 Å². The summed E-state index contributed by atoms with van der Waals surface area (Å²) in [5.41, 5.74) is 1.07. The lowest BCUT2D eigenvalue weighted by molar-refractivity contribution is -0.119. The first-order chi connectivity index (χ1) is 11.5. The highest BCUT2D eigenvalue weighted by atomic mass is 32.2. The lowest BCUT2D eigenvalue weighted by Crippen LogP contribution is -2.36. The van der Waals surface area contributed by atoms with Crippen LogP contribution in [0.2, 0.25) is 0 Å². The Morgan fingerprint density at radius 1 is 1.29 bits per heavy atom. The molecule has 1 aliphatic rings. The molecular weight excluding hydrogens is 350 g/mol. The Bertz CT molecular complexity index is 805. The van der Waals surface area contributed by atoms with Gasteiger partial charge in [0.2, 0.25) is 11.8 Å². The number of carbonyl (C=O) groups excluding carboxylic acids is 1. The molecule has 1 aliphatic heterocycles. The highest BCUT2D eigenvalue weighted by Gasteiger charge is 2.28. The van der Waals surface area contributed by atoms with E-state index >= 15 is 0 Å². The zero-order valence-electron chi connectivity index (χ0n) is 12.8. The second kappa shape index (κ2) is 7.35. The van der Waals surface area contributed by atoms with Gasteiger partial charge in [0.1, 0.15) is 0 Å². The van der Waals surface area contributed by atoms with Crippen molar-refractivity contribution in [1.82, 2.24) is 15.5 Å². The van der Waals surface area contributed by atoms with Crippen molar-refractivity contribution in [1.29, 1.82) is 0 Å². The van der Waals surface area contributed by atoms with E-state index in [0.29, 0.717) is 24.0 Å². The standard InChI is InChI=1S/C15H17N3O4S2/c19-13(16-12-6-7-24(20,21)10-12)9-23-15-18-17-14(22-15)8-11-4-2-1-3-5-11/h1-5,12H,6-10H2,(H,16,19)/t12-/m0/s1. The Kier molecular flexibility index (Phi) is 5.20. The van der Waals surface area contributed by atoms with Crippen LogP contribution in [0.1, 0.15) is 17.9 Å². The zero-order valence-corrected chi connectivity index (χ0v) is 14.5. The van der Waals surface area contributed by atoms with Gasteiger partial charge in [-0.2, -0.15) is 0 Å². The lowest BCUT2D eigenvalue weighted by atomic mass is 10.2. The van der Waals surface area contributed by atoms with Crippen LogP contribution in [-0.2, 0) is 21.1 Å². The van der Waals surface area contributed by atoms with Crippen molar-refractivity contribution in [2.75, 3.05) is 17.3 Å². The summed E-state index contributed by atoms with van der Waals surface area (Å²) in [6.45, 7) is 0. The summed E-state index contributed by atoms with van der Waals surface area (Å²) in [7, 11) is -3.00. The van der Waals surface area contributed by atoms with Crippen molar-refractivity contribution in [2.24, 2.45) is 0 Å². The Hall–Kier alpha value is -1.87. The van der Waals surface area contributed by atoms with Crippen LogP contribution < -0.4 is 5.32 Å². The number of benzene rings is 1. The molecule has 2 heterocycles. The van der Waals surface area contributed by atoms with Gasteiger partial charge in [0.05, 0.1) is 23.7 Å². The molecule has 1 saturated heterocycles. The number of aromatic nitrogens is 2. The van der Waals surface area contributed by atoms with Crippen molar-refractivity contribution < 1.29 is 17.6 Å². The van der Waals surface area contributed by atoms with Crippen LogP contribution in [-0.4, -0.2) is 47.8 Å². The van der Waals surface area contributed by atoms with Gasteiger partial charge >= 0.3 is 0 Å². The van der Waals surface area contributed by atoms with Gasteiger partial charge in [-0.1, -0.05) is 42.1 Å². The number of nitrogens with one attached hydrogen (secondary N) is 1. The number of carbonyl (C=O) groups is 1. The summed E-state index contributed by atoms with van der Waals surface area (Å²) in [6, 6.07) is 9.47. The highest BCUT2D eigenvalue weighted by molar-refractivity contribution is 7.99. The van der Waals surface area contributed by atoms with E-state index in [1.54, 1.807) is 0 Å². The van der Waals surface area contributed by atoms with Gasteiger partial charge in [0, 0.05) is 6.04 Å². The predicted octanol–water partition coefficient (Wildman–Crippen LogP) is 1.06. The monoisotopic (exact) mass is 367 g/mol. The molecule has 1 atom stereocenters. The van der Waals surface area contributed by atoms with Crippen LogP contribution in [0.15, 0.2) is 40.0 Å². The van der Waals surface area contributed by atoms with Gasteiger partial charge in [0.15, 0.2) is 9.84 Å². The first-order valence-electron chi connectivity index (χ1n) is 7.49. The summed E-state index contributed by atoms with van der Waals surface area (Å²) < 4.78 is 28.2. The molecule has 0 saturated carbocycles. The van der Waals surface area contributed by atoms with E-state index in [0.717, 1.165) is 17.3 Å². The minimum absolute atomic E-state index is 0.0190. The third-order valence-electron chi connectivity index (χ3n) is 3.57. The first-order valence-corrected chi connectivity index (χ1v) is 10.3. The zero-order chi connectivity index (χ0) is 17.0. The smallest absolute Gasteiger partial charge is 0.277 e. The van der Waals surface area contributed by atoms with Gasteiger partial charge in [-0.3, -0.25) is 4.79 Å². The number of sulfone groups is 1. The molecule has 24 heavy (non-hydrogen) atoms. The molecule has 0 aliphatic carbocycles. The molecule has 1 fully saturated rings. The highest BCUT2D eigenvalue weighted by Crippen LogP contribution is 2.18. The van der Waals surface area contributed by atoms with E-state index in [2.05, 4.69) is 15.5 Å². The molecule has 2 aromatic rings. The summed E-state index contributed by atoms with van der Waals surface area (Å²) in [5.74, 6) is 0.530. The van der Waals surface area contributed by atoms with E-state index in [9.17, 15) is 13.2 Å². The average molecular weight is 367 g/mol. The third-order valence-corrected chi connectivity index (χ3v) is 6.16. The van der Waals surface area contributed by atoms with Crippen LogP contribution in [0, 0.1) is 0 Å². The minimum atomic E-state index is -3.00. The molecule has 0 spiro atoms. The van der Waals surface area contributed by atoms with E-state index in [4.69, 9.17) is 4.42 Å². The molecule has 3 rings (SSSR count). The second-order valence-electron chi connectivity index (χ2n) is 5.58. The summed E-state index contributed by atoms with van der Waals surface area (Å²) in [5, 5.41) is 10.9. The molecule has 0 bridgehead atoms. The van der Waals surface area contributed by atoms with Crippen LogP contribution in [0.3, 0.4) is 0 Å². The Balaban J connectivity index is 1.46. The van der Waals surface area contributed by atoms with Crippen LogP contribution in [0.5, 0.6) is 0 Å². The number of nitrogens with zero attached hydrogens (tertiary/aromatic N) is 2. The molecule has 0 unspecified atom stereocenters. The summed E-state index contributed by atoms with van der Waals surface area (Å²) in [4.78, 5) is 11.9. The molecule has 1 aromatic carbocycles. The largest absolute Gasteiger partial charge is 0.416 e. The molecule has 128 valence electrons. The maximum absolute atomic E-state index is 11.9. The predicted molar refractivity (Wildman–Crippen MR) is 89.5 cm³/mol. The molecule has 9 heteroatoms. The first kappa shape index (κ1) is 17.0. The van der Waals surface area contributed by atoms with Crippen molar-refractivity contribution in [3.8, 4) is 0 Å². The molecule has 1 aromatic heterocycles. The SMILES string of the molecule is O=C(CSc1nnc(Cc2ccccc2)o1)N[C@H]1CCS(=O)(=O)C1. The van der Waals surface area contributed by atoms with Crippen LogP contribution in [0.25, 0.3) is 0 Å². The third kappa shape index (κ3) is 4.81. The maximum Gasteiger partial charge on any atom is 0.277 e. The van der Waals surface area contributed by atoms with Crippen molar-refractivity contribution >= 4 is 27.5 Å². The van der Waals surface area contributed by atoms with Gasteiger partial charge in [-0.25, -0.2) is 8.42 Å². The fraction of sp³-hybridized carbons (Fsp3) is 0.400. The Morgan fingerprint density at radius 2 is 2.08 bits per heavy atom. The van der Waals surface area contributed by atoms with Gasteiger partial charge in [-0.15, -0.1) is 10.2 Å². The number of rotatable bonds is 6. The van der Waals surface area contributed by atoms with E-state index in [-0.39, 0.29) is 29.2 Å². The van der Waals surface area contributed by atoms with E-state index < -0.39 is 9.84 Å². The maximum atomic E-state index is 11.9. The van der Waals surface area contributed by atoms with Gasteiger partial charge < -0.3 is 9.73 Å². The summed E-state index contributed by atoms with van der Waals surface area (Å²) >= 11 is 1.14. The van der Waals surface area contributed by atoms with Crippen LogP contribution in [0.4, 0.5) is 0 Å². The van der Waals surface area contributed by atoms with Crippen molar-refractivity contribution in [3.05, 3.63) is 41.8 Å². The fourth-order valence-electron chi connectivity index (χ4n) is 2.44. The van der Waals surface area contributed by atoms with E-state index in [1.807, 2.05) is 30.3 Å². The number of hydrogen-bond donors (Lipinski definition) is 1. The van der Waals surface area contributed by atoms with E-state index in [1.165, 1.54) is 0 Å². The number of hydrogen-bond acceptors (Lipinski definition) is 7. The van der Waals surface area contributed by atoms with Gasteiger partial charge in [-0.05, 0) is 12.0 Å². The lowest BCUT2D eigenvalue weighted by Gasteiger charge is -2.09. The molecule has 7 nitrogen and oxygen atoms in total. The van der Waals surface area contributed by atoms with Crippen molar-refractivity contribution in [3.63, 3.8) is 0 Å². The van der Waals surface area contributed by atoms with Crippen molar-refractivity contribution in [2.45, 2.75) is 24.1 Å². The average Bonchev–Trinajstić information content (AvgIpc) is 3.12. The Labute approximate surface area is 144 Å². The normalized spacial score (nSPS) is 19.2. The minimum Gasteiger partial charge on any atom is -0.416 e. The molecule has 1 N–H and O–H groups in total. The quantitative estimate of drug-likeness (QED) is 0.762. The van der Waals surface area contributed by atoms with Crippen LogP contribution >= 0.6 is 11.8 Å². The second-order valence-corrected chi connectivity index (χ2v) is 8.74. The molecule has 1 amide bonds.